The summed E-state index contributed by atoms with van der Waals surface area (Å²) in [4.78, 5) is 11.3. The maximum absolute atomic E-state index is 11.3. The molecule has 1 aliphatic rings. The lowest BCUT2D eigenvalue weighted by Gasteiger charge is -2.06. The van der Waals surface area contributed by atoms with Crippen molar-refractivity contribution in [1.29, 1.82) is 0 Å². The minimum atomic E-state index is -0.164. The zero-order valence-corrected chi connectivity index (χ0v) is 9.96. The number of hydrogen-bond acceptors (Lipinski definition) is 2. The number of rotatable bonds is 2. The van der Waals surface area contributed by atoms with E-state index in [-0.39, 0.29) is 5.97 Å². The number of ether oxygens (including phenoxy) is 1. The second-order valence-electron chi connectivity index (χ2n) is 4.35. The number of aryl methyl sites for hydroxylation is 1. The Balaban J connectivity index is 2.34. The number of allylic oxidation sites excluding steroid dienone is 1. The monoisotopic (exact) mass is 216 g/mol. The molecule has 1 aliphatic carbocycles. The molecule has 0 N–H and O–H groups in total. The van der Waals surface area contributed by atoms with Gasteiger partial charge in [-0.1, -0.05) is 29.3 Å². The van der Waals surface area contributed by atoms with E-state index in [0.717, 1.165) is 12.0 Å². The van der Waals surface area contributed by atoms with Crippen molar-refractivity contribution in [2.75, 3.05) is 7.11 Å². The molecule has 1 aromatic rings. The van der Waals surface area contributed by atoms with E-state index in [9.17, 15) is 4.79 Å². The number of fused-ring (bicyclic) bond motifs is 1. The van der Waals surface area contributed by atoms with Crippen LogP contribution in [-0.4, -0.2) is 13.1 Å². The highest BCUT2D eigenvalue weighted by Crippen LogP contribution is 2.35. The number of esters is 1. The summed E-state index contributed by atoms with van der Waals surface area (Å²) in [6.45, 7) is 4.18. The number of carbonyl (C=O) groups excluding carboxylic acids is 1. The molecule has 2 rings (SSSR count). The van der Waals surface area contributed by atoms with Crippen LogP contribution in [0.4, 0.5) is 0 Å². The van der Waals surface area contributed by atoms with Gasteiger partial charge in [-0.25, -0.2) is 0 Å². The van der Waals surface area contributed by atoms with Gasteiger partial charge in [-0.15, -0.1) is 0 Å². The quantitative estimate of drug-likeness (QED) is 0.710. The second kappa shape index (κ2) is 4.12. The lowest BCUT2D eigenvalue weighted by atomic mass is 10.0. The minimum Gasteiger partial charge on any atom is -0.469 e. The average Bonchev–Trinajstić information content (AvgIpc) is 2.54. The number of benzene rings is 1. The Hall–Kier alpha value is -1.57. The third-order valence-electron chi connectivity index (χ3n) is 3.11. The fourth-order valence-electron chi connectivity index (χ4n) is 2.25. The van der Waals surface area contributed by atoms with Gasteiger partial charge in [0.25, 0.3) is 0 Å². The van der Waals surface area contributed by atoms with Gasteiger partial charge in [-0.2, -0.15) is 0 Å². The van der Waals surface area contributed by atoms with Crippen LogP contribution in [0.25, 0.3) is 5.57 Å². The highest BCUT2D eigenvalue weighted by molar-refractivity contribution is 5.89. The molecule has 0 saturated heterocycles. The van der Waals surface area contributed by atoms with Gasteiger partial charge in [-0.3, -0.25) is 4.79 Å². The first-order chi connectivity index (χ1) is 7.61. The molecule has 0 amide bonds. The van der Waals surface area contributed by atoms with Crippen LogP contribution in [0.2, 0.25) is 0 Å². The first-order valence-corrected chi connectivity index (χ1v) is 5.47. The average molecular weight is 216 g/mol. The van der Waals surface area contributed by atoms with Crippen molar-refractivity contribution in [2.24, 2.45) is 0 Å². The van der Waals surface area contributed by atoms with Crippen LogP contribution < -0.4 is 0 Å². The molecular weight excluding hydrogens is 200 g/mol. The van der Waals surface area contributed by atoms with Crippen LogP contribution in [-0.2, 0) is 16.0 Å². The Labute approximate surface area is 95.9 Å². The molecule has 84 valence electrons. The van der Waals surface area contributed by atoms with E-state index in [4.69, 9.17) is 4.74 Å². The van der Waals surface area contributed by atoms with Gasteiger partial charge in [-0.05, 0) is 37.0 Å². The molecule has 0 saturated carbocycles. The van der Waals surface area contributed by atoms with E-state index in [0.29, 0.717) is 6.42 Å². The van der Waals surface area contributed by atoms with Gasteiger partial charge in [0.2, 0.25) is 0 Å². The summed E-state index contributed by atoms with van der Waals surface area (Å²) in [6.07, 6.45) is 1.35. The van der Waals surface area contributed by atoms with Crippen LogP contribution in [0.15, 0.2) is 23.8 Å². The van der Waals surface area contributed by atoms with Crippen molar-refractivity contribution in [3.8, 4) is 0 Å². The first kappa shape index (κ1) is 10.9. The molecule has 0 atom stereocenters. The smallest absolute Gasteiger partial charge is 0.309 e. The van der Waals surface area contributed by atoms with Crippen molar-refractivity contribution < 1.29 is 9.53 Å². The Morgan fingerprint density at radius 2 is 2.12 bits per heavy atom. The summed E-state index contributed by atoms with van der Waals surface area (Å²) >= 11 is 0. The summed E-state index contributed by atoms with van der Waals surface area (Å²) in [5.74, 6) is -0.164. The zero-order chi connectivity index (χ0) is 11.7. The van der Waals surface area contributed by atoms with Crippen molar-refractivity contribution in [1.82, 2.24) is 0 Å². The van der Waals surface area contributed by atoms with Gasteiger partial charge >= 0.3 is 5.97 Å². The van der Waals surface area contributed by atoms with Gasteiger partial charge < -0.3 is 4.74 Å². The van der Waals surface area contributed by atoms with Gasteiger partial charge in [0, 0.05) is 0 Å². The van der Waals surface area contributed by atoms with Crippen molar-refractivity contribution in [3.05, 3.63) is 40.5 Å². The Kier molecular flexibility index (Phi) is 2.82. The first-order valence-electron chi connectivity index (χ1n) is 5.47. The molecule has 16 heavy (non-hydrogen) atoms. The third-order valence-corrected chi connectivity index (χ3v) is 3.11. The lowest BCUT2D eigenvalue weighted by Crippen LogP contribution is -2.01. The molecule has 0 bridgehead atoms. The fourth-order valence-corrected chi connectivity index (χ4v) is 2.25. The lowest BCUT2D eigenvalue weighted by molar-refractivity contribution is -0.139. The normalized spacial score (nSPS) is 13.9. The van der Waals surface area contributed by atoms with Crippen LogP contribution in [0.5, 0.6) is 0 Å². The van der Waals surface area contributed by atoms with Crippen molar-refractivity contribution in [2.45, 2.75) is 26.7 Å². The van der Waals surface area contributed by atoms with Crippen LogP contribution in [0.1, 0.15) is 30.0 Å². The van der Waals surface area contributed by atoms with E-state index < -0.39 is 0 Å². The predicted molar refractivity (Wildman–Crippen MR) is 64.1 cm³/mol. The highest BCUT2D eigenvalue weighted by Gasteiger charge is 2.20. The maximum Gasteiger partial charge on any atom is 0.309 e. The van der Waals surface area contributed by atoms with Crippen LogP contribution >= 0.6 is 0 Å². The molecule has 0 heterocycles. The highest BCUT2D eigenvalue weighted by atomic mass is 16.5. The molecule has 1 aromatic carbocycles. The summed E-state index contributed by atoms with van der Waals surface area (Å²) in [7, 11) is 1.43. The molecular formula is C14H16O2. The summed E-state index contributed by atoms with van der Waals surface area (Å²) in [5, 5.41) is 0. The Morgan fingerprint density at radius 1 is 1.38 bits per heavy atom. The molecule has 0 radical (unpaired) electrons. The largest absolute Gasteiger partial charge is 0.469 e. The fraction of sp³-hybridized carbons (Fsp3) is 0.357. The topological polar surface area (TPSA) is 26.3 Å². The Bertz CT molecular complexity index is 470. The van der Waals surface area contributed by atoms with E-state index in [2.05, 4.69) is 32.0 Å². The predicted octanol–water partition coefficient (Wildman–Crippen LogP) is 2.89. The second-order valence-corrected chi connectivity index (χ2v) is 4.35. The molecule has 0 fully saturated rings. The number of hydrogen-bond donors (Lipinski definition) is 0. The molecule has 2 heteroatoms. The van der Waals surface area contributed by atoms with Gasteiger partial charge in [0.1, 0.15) is 0 Å². The van der Waals surface area contributed by atoms with Crippen LogP contribution in [0.3, 0.4) is 0 Å². The van der Waals surface area contributed by atoms with E-state index >= 15 is 0 Å². The minimum absolute atomic E-state index is 0.164. The standard InChI is InChI=1S/C14H16O2/c1-9-4-5-12-11(6-9)7-10(2)13(12)8-14(15)16-3/h4-6H,7-8H2,1-3H3. The SMILES string of the molecule is COC(=O)CC1=C(C)Cc2cc(C)ccc21. The van der Waals surface area contributed by atoms with E-state index in [1.807, 2.05) is 0 Å². The molecule has 0 aromatic heterocycles. The van der Waals surface area contributed by atoms with Gasteiger partial charge in [0.05, 0.1) is 13.5 Å². The number of carbonyl (C=O) groups is 1. The van der Waals surface area contributed by atoms with E-state index in [1.54, 1.807) is 0 Å². The van der Waals surface area contributed by atoms with E-state index in [1.165, 1.54) is 29.4 Å². The zero-order valence-electron chi connectivity index (χ0n) is 9.96. The number of methoxy groups -OCH3 is 1. The maximum atomic E-state index is 11.3. The summed E-state index contributed by atoms with van der Waals surface area (Å²) in [5.41, 5.74) is 6.24. The molecule has 0 spiro atoms. The Morgan fingerprint density at radius 3 is 2.81 bits per heavy atom. The van der Waals surface area contributed by atoms with Gasteiger partial charge in [0.15, 0.2) is 0 Å². The van der Waals surface area contributed by atoms with Crippen molar-refractivity contribution in [3.63, 3.8) is 0 Å². The molecule has 2 nitrogen and oxygen atoms in total. The summed E-state index contributed by atoms with van der Waals surface area (Å²) in [6, 6.07) is 6.40. The molecule has 0 aliphatic heterocycles. The molecule has 0 unspecified atom stereocenters. The van der Waals surface area contributed by atoms with Crippen LogP contribution in [0, 0.1) is 6.92 Å². The summed E-state index contributed by atoms with van der Waals surface area (Å²) < 4.78 is 4.73. The third kappa shape index (κ3) is 1.87. The van der Waals surface area contributed by atoms with Crippen molar-refractivity contribution >= 4 is 11.5 Å².